The molecule has 0 spiro atoms. The van der Waals surface area contributed by atoms with Crippen molar-refractivity contribution in [3.8, 4) is 0 Å². The van der Waals surface area contributed by atoms with E-state index in [2.05, 4.69) is 0 Å². The molecule has 0 radical (unpaired) electrons. The van der Waals surface area contributed by atoms with Crippen molar-refractivity contribution >= 4 is 17.2 Å². The Morgan fingerprint density at radius 1 is 1.38 bits per heavy atom. The lowest BCUT2D eigenvalue weighted by molar-refractivity contribution is 0.0222. The Kier molecular flexibility index (Phi) is 4.68. The van der Waals surface area contributed by atoms with Gasteiger partial charge in [-0.1, -0.05) is 18.2 Å². The first-order valence-corrected chi connectivity index (χ1v) is 8.05. The van der Waals surface area contributed by atoms with Crippen LogP contribution < -0.4 is 0 Å². The predicted molar refractivity (Wildman–Crippen MR) is 78.5 cm³/mol. The summed E-state index contributed by atoms with van der Waals surface area (Å²) in [6.45, 7) is 6.03. The maximum absolute atomic E-state index is 12.3. The Bertz CT molecular complexity index is 553. The average molecular weight is 310 g/mol. The number of hydrogen-bond donors (Lipinski definition) is 0. The van der Waals surface area contributed by atoms with Crippen LogP contribution in [0.1, 0.15) is 45.2 Å². The minimum absolute atomic E-state index is 0.242. The number of nitrogens with zero attached hydrogens (tertiary/aromatic N) is 1. The summed E-state index contributed by atoms with van der Waals surface area (Å²) >= 11 is -2.31. The van der Waals surface area contributed by atoms with Gasteiger partial charge in [-0.2, -0.15) is 0 Å². The number of carbonyl (C=O) groups is 1. The van der Waals surface area contributed by atoms with E-state index in [1.54, 1.807) is 29.2 Å². The predicted octanol–water partition coefficient (Wildman–Crippen LogP) is 3.00. The topological polar surface area (TPSA) is 69.7 Å². The van der Waals surface area contributed by atoms with Crippen molar-refractivity contribution in [1.82, 2.24) is 4.90 Å². The maximum Gasteiger partial charge on any atom is 0.410 e. The highest BCUT2D eigenvalue weighted by Crippen LogP contribution is 2.35. The molecule has 1 heterocycles. The molecule has 1 saturated heterocycles. The van der Waals surface area contributed by atoms with Gasteiger partial charge < -0.3 is 14.2 Å². The lowest BCUT2D eigenvalue weighted by atomic mass is 10.0. The zero-order chi connectivity index (χ0) is 15.6. The highest BCUT2D eigenvalue weighted by molar-refractivity contribution is 7.79. The second-order valence-electron chi connectivity index (χ2n) is 6.10. The largest absolute Gasteiger partial charge is 0.768 e. The van der Waals surface area contributed by atoms with Crippen LogP contribution in [0.5, 0.6) is 0 Å². The third-order valence-corrected chi connectivity index (χ3v) is 4.07. The van der Waals surface area contributed by atoms with Crippen molar-refractivity contribution in [1.29, 1.82) is 0 Å². The average Bonchev–Trinajstić information content (AvgIpc) is 2.85. The summed E-state index contributed by atoms with van der Waals surface area (Å²) < 4.78 is 28.1. The molecule has 116 valence electrons. The van der Waals surface area contributed by atoms with Gasteiger partial charge in [-0.3, -0.25) is 4.21 Å². The van der Waals surface area contributed by atoms with E-state index in [1.807, 2.05) is 20.8 Å². The van der Waals surface area contributed by atoms with E-state index in [9.17, 15) is 13.6 Å². The molecule has 1 aromatic rings. The van der Waals surface area contributed by atoms with Crippen LogP contribution in [0.25, 0.3) is 0 Å². The summed E-state index contributed by atoms with van der Waals surface area (Å²) in [5.74, 6) is 0. The molecule has 0 aliphatic carbocycles. The zero-order valence-corrected chi connectivity index (χ0v) is 13.3. The van der Waals surface area contributed by atoms with Crippen molar-refractivity contribution < 1.29 is 18.3 Å². The summed E-state index contributed by atoms with van der Waals surface area (Å²) in [6, 6.07) is 6.55. The van der Waals surface area contributed by atoms with E-state index >= 15 is 0 Å². The van der Waals surface area contributed by atoms with Crippen LogP contribution in [0.15, 0.2) is 29.2 Å². The Morgan fingerprint density at radius 3 is 2.67 bits per heavy atom. The molecule has 0 N–H and O–H groups in total. The van der Waals surface area contributed by atoms with Gasteiger partial charge in [0.2, 0.25) is 0 Å². The molecule has 1 aromatic carbocycles. The van der Waals surface area contributed by atoms with E-state index in [1.165, 1.54) is 0 Å². The molecule has 6 heteroatoms. The third-order valence-electron chi connectivity index (χ3n) is 3.34. The standard InChI is InChI=1S/C15H21NO4S/c1-15(2,3)20-14(17)16-10-6-8-12(16)11-7-4-5-9-13(11)21(18)19/h4-5,7,9,12H,6,8,10H2,1-3H3,(H,18,19)/p-1. The summed E-state index contributed by atoms with van der Waals surface area (Å²) in [6.07, 6.45) is 1.19. The molecule has 2 unspecified atom stereocenters. The highest BCUT2D eigenvalue weighted by atomic mass is 32.2. The van der Waals surface area contributed by atoms with Gasteiger partial charge >= 0.3 is 6.09 Å². The second kappa shape index (κ2) is 6.15. The smallest absolute Gasteiger partial charge is 0.410 e. The van der Waals surface area contributed by atoms with Crippen LogP contribution in [0.3, 0.4) is 0 Å². The van der Waals surface area contributed by atoms with Gasteiger partial charge in [0.25, 0.3) is 0 Å². The normalized spacial score (nSPS) is 20.4. The zero-order valence-electron chi connectivity index (χ0n) is 12.5. The lowest BCUT2D eigenvalue weighted by Gasteiger charge is -2.30. The van der Waals surface area contributed by atoms with Gasteiger partial charge in [0, 0.05) is 11.4 Å². The highest BCUT2D eigenvalue weighted by Gasteiger charge is 2.34. The van der Waals surface area contributed by atoms with Gasteiger partial charge in [-0.15, -0.1) is 0 Å². The van der Waals surface area contributed by atoms with Gasteiger partial charge in [0.05, 0.1) is 6.04 Å². The van der Waals surface area contributed by atoms with Crippen molar-refractivity contribution in [3.63, 3.8) is 0 Å². The summed E-state index contributed by atoms with van der Waals surface area (Å²) in [5.41, 5.74) is 0.0969. The lowest BCUT2D eigenvalue weighted by Crippen LogP contribution is -2.36. The second-order valence-corrected chi connectivity index (χ2v) is 7.01. The molecule has 2 atom stereocenters. The van der Waals surface area contributed by atoms with E-state index in [0.29, 0.717) is 12.1 Å². The van der Waals surface area contributed by atoms with Gasteiger partial charge in [-0.25, -0.2) is 4.79 Å². The molecule has 5 nitrogen and oxygen atoms in total. The number of amides is 1. The number of rotatable bonds is 2. The number of likely N-dealkylation sites (tertiary alicyclic amines) is 1. The molecule has 1 amide bonds. The molecule has 1 aliphatic rings. The van der Waals surface area contributed by atoms with E-state index in [-0.39, 0.29) is 10.9 Å². The molecular formula is C15H20NO4S-. The molecule has 0 saturated carbocycles. The fourth-order valence-electron chi connectivity index (χ4n) is 2.54. The Balaban J connectivity index is 2.27. The Labute approximate surface area is 127 Å². The first-order valence-electron chi connectivity index (χ1n) is 6.97. The van der Waals surface area contributed by atoms with E-state index in [0.717, 1.165) is 12.8 Å². The Hall–Kier alpha value is -1.40. The molecule has 21 heavy (non-hydrogen) atoms. The molecule has 0 aromatic heterocycles. The maximum atomic E-state index is 12.3. The van der Waals surface area contributed by atoms with Gasteiger partial charge in [0.1, 0.15) is 5.60 Å². The molecule has 0 bridgehead atoms. The van der Waals surface area contributed by atoms with Gasteiger partial charge in [0.15, 0.2) is 0 Å². The van der Waals surface area contributed by atoms with Crippen LogP contribution in [-0.2, 0) is 15.8 Å². The van der Waals surface area contributed by atoms with Crippen LogP contribution in [0.2, 0.25) is 0 Å². The number of benzene rings is 1. The van der Waals surface area contributed by atoms with E-state index in [4.69, 9.17) is 4.74 Å². The Morgan fingerprint density at radius 2 is 2.05 bits per heavy atom. The van der Waals surface area contributed by atoms with Crippen LogP contribution in [-0.4, -0.2) is 31.9 Å². The molecular weight excluding hydrogens is 290 g/mol. The van der Waals surface area contributed by atoms with Gasteiger partial charge in [-0.05, 0) is 56.3 Å². The number of ether oxygens (including phenoxy) is 1. The first kappa shape index (κ1) is 16.0. The molecule has 1 aliphatic heterocycles. The summed E-state index contributed by atoms with van der Waals surface area (Å²) in [4.78, 5) is 14.1. The van der Waals surface area contributed by atoms with Crippen molar-refractivity contribution in [3.05, 3.63) is 29.8 Å². The summed E-state index contributed by atoms with van der Waals surface area (Å²) in [5, 5.41) is 0. The third kappa shape index (κ3) is 3.83. The number of hydrogen-bond acceptors (Lipinski definition) is 4. The first-order chi connectivity index (χ1) is 9.79. The fraction of sp³-hybridized carbons (Fsp3) is 0.533. The quantitative estimate of drug-likeness (QED) is 0.787. The summed E-state index contributed by atoms with van der Waals surface area (Å²) in [7, 11) is 0. The van der Waals surface area contributed by atoms with E-state index < -0.39 is 22.8 Å². The molecule has 2 rings (SSSR count). The van der Waals surface area contributed by atoms with Crippen LogP contribution >= 0.6 is 0 Å². The van der Waals surface area contributed by atoms with Crippen molar-refractivity contribution in [2.75, 3.05) is 6.54 Å². The monoisotopic (exact) mass is 310 g/mol. The fourth-order valence-corrected chi connectivity index (χ4v) is 3.12. The minimum Gasteiger partial charge on any atom is -0.768 e. The van der Waals surface area contributed by atoms with Crippen LogP contribution in [0.4, 0.5) is 4.79 Å². The SMILES string of the molecule is CC(C)(C)OC(=O)N1CCCC1c1ccccc1S(=O)[O-]. The van der Waals surface area contributed by atoms with Crippen molar-refractivity contribution in [2.45, 2.75) is 50.2 Å². The van der Waals surface area contributed by atoms with Crippen LogP contribution in [0, 0.1) is 0 Å². The van der Waals surface area contributed by atoms with Crippen molar-refractivity contribution in [2.24, 2.45) is 0 Å². The minimum atomic E-state index is -2.31. The molecule has 1 fully saturated rings. The number of carbonyl (C=O) groups excluding carboxylic acids is 1.